The number of likely N-dealkylation sites (tertiary alicyclic amines) is 1. The second-order valence-electron chi connectivity index (χ2n) is 4.29. The third-order valence-corrected chi connectivity index (χ3v) is 5.01. The minimum atomic E-state index is -2.92. The quantitative estimate of drug-likeness (QED) is 0.710. The molecule has 0 aromatic carbocycles. The van der Waals surface area contributed by atoms with Crippen LogP contribution >= 0.6 is 0 Å². The second kappa shape index (κ2) is 3.75. The average Bonchev–Trinajstić information content (AvgIpc) is 2.69. The summed E-state index contributed by atoms with van der Waals surface area (Å²) in [7, 11) is -2.92. The molecule has 86 valence electrons. The number of carbonyl (C=O) groups is 1. The van der Waals surface area contributed by atoms with Crippen LogP contribution in [0, 0.1) is 0 Å². The van der Waals surface area contributed by atoms with Crippen molar-refractivity contribution in [3.8, 4) is 0 Å². The normalized spacial score (nSPS) is 35.7. The van der Waals surface area contributed by atoms with Gasteiger partial charge in [0.25, 0.3) is 0 Å². The van der Waals surface area contributed by atoms with Gasteiger partial charge in [-0.25, -0.2) is 8.42 Å². The van der Waals surface area contributed by atoms with Crippen LogP contribution in [0.4, 0.5) is 0 Å². The Bertz CT molecular complexity index is 364. The van der Waals surface area contributed by atoms with Crippen LogP contribution in [-0.4, -0.2) is 54.5 Å². The monoisotopic (exact) mass is 233 g/mol. The molecule has 2 aliphatic rings. The van der Waals surface area contributed by atoms with Gasteiger partial charge in [-0.3, -0.25) is 9.69 Å². The van der Waals surface area contributed by atoms with Crippen LogP contribution in [0.1, 0.15) is 19.3 Å². The molecule has 0 amide bonds. The highest BCUT2D eigenvalue weighted by Gasteiger charge is 2.40. The predicted octanol–water partition coefficient (Wildman–Crippen LogP) is -0.277. The lowest BCUT2D eigenvalue weighted by Gasteiger charge is -2.26. The van der Waals surface area contributed by atoms with Crippen LogP contribution in [0.15, 0.2) is 0 Å². The maximum Gasteiger partial charge on any atom is 0.320 e. The summed E-state index contributed by atoms with van der Waals surface area (Å²) in [5.41, 5.74) is 0. The van der Waals surface area contributed by atoms with E-state index < -0.39 is 21.8 Å². The maximum atomic E-state index is 11.3. The van der Waals surface area contributed by atoms with E-state index in [1.165, 1.54) is 0 Å². The van der Waals surface area contributed by atoms with Gasteiger partial charge in [0.05, 0.1) is 11.5 Å². The molecular formula is C9H15NO4S. The van der Waals surface area contributed by atoms with Gasteiger partial charge in [-0.1, -0.05) is 0 Å². The van der Waals surface area contributed by atoms with E-state index in [1.54, 1.807) is 0 Å². The molecule has 2 heterocycles. The lowest BCUT2D eigenvalue weighted by Crippen LogP contribution is -2.43. The van der Waals surface area contributed by atoms with Gasteiger partial charge in [-0.05, 0) is 25.8 Å². The largest absolute Gasteiger partial charge is 0.480 e. The number of sulfone groups is 1. The van der Waals surface area contributed by atoms with Crippen molar-refractivity contribution >= 4 is 15.8 Å². The van der Waals surface area contributed by atoms with E-state index in [-0.39, 0.29) is 17.5 Å². The zero-order valence-corrected chi connectivity index (χ0v) is 9.24. The molecule has 15 heavy (non-hydrogen) atoms. The van der Waals surface area contributed by atoms with Gasteiger partial charge in [-0.15, -0.1) is 0 Å². The van der Waals surface area contributed by atoms with Crippen LogP contribution in [0.3, 0.4) is 0 Å². The molecule has 0 saturated carbocycles. The molecule has 2 saturated heterocycles. The van der Waals surface area contributed by atoms with Crippen molar-refractivity contribution in [3.05, 3.63) is 0 Å². The Balaban J connectivity index is 2.08. The lowest BCUT2D eigenvalue weighted by atomic mass is 10.2. The van der Waals surface area contributed by atoms with Crippen molar-refractivity contribution in [2.45, 2.75) is 31.3 Å². The molecule has 0 spiro atoms. The number of carboxylic acid groups (broad SMARTS) is 1. The van der Waals surface area contributed by atoms with Crippen molar-refractivity contribution in [1.29, 1.82) is 0 Å². The average molecular weight is 233 g/mol. The first-order chi connectivity index (χ1) is 6.99. The van der Waals surface area contributed by atoms with E-state index in [0.29, 0.717) is 12.8 Å². The standard InChI is InChI=1S/C9H15NO4S/c11-9(12)8-2-1-4-10(8)7-3-5-15(13,14)6-7/h7-8H,1-6H2,(H,11,12). The molecule has 1 N–H and O–H groups in total. The van der Waals surface area contributed by atoms with Crippen molar-refractivity contribution < 1.29 is 18.3 Å². The Morgan fingerprint density at radius 1 is 1.33 bits per heavy atom. The topological polar surface area (TPSA) is 74.7 Å². The number of aliphatic carboxylic acids is 1. The molecule has 0 aromatic heterocycles. The lowest BCUT2D eigenvalue weighted by molar-refractivity contribution is -0.142. The van der Waals surface area contributed by atoms with Gasteiger partial charge in [-0.2, -0.15) is 0 Å². The van der Waals surface area contributed by atoms with Crippen molar-refractivity contribution in [2.75, 3.05) is 18.1 Å². The summed E-state index contributed by atoms with van der Waals surface area (Å²) in [4.78, 5) is 12.8. The van der Waals surface area contributed by atoms with E-state index in [4.69, 9.17) is 5.11 Å². The van der Waals surface area contributed by atoms with E-state index in [0.717, 1.165) is 13.0 Å². The summed E-state index contributed by atoms with van der Waals surface area (Å²) in [5.74, 6) is -0.478. The highest BCUT2D eigenvalue weighted by molar-refractivity contribution is 7.91. The fraction of sp³-hybridized carbons (Fsp3) is 0.889. The Labute approximate surface area is 89.0 Å². The fourth-order valence-corrected chi connectivity index (χ4v) is 4.27. The van der Waals surface area contributed by atoms with Crippen LogP contribution in [0.2, 0.25) is 0 Å². The third-order valence-electron chi connectivity index (χ3n) is 3.26. The van der Waals surface area contributed by atoms with E-state index in [1.807, 2.05) is 4.90 Å². The molecule has 6 heteroatoms. The Kier molecular flexibility index (Phi) is 2.72. The number of nitrogens with zero attached hydrogens (tertiary/aromatic N) is 1. The minimum absolute atomic E-state index is 0.0707. The zero-order chi connectivity index (χ0) is 11.1. The third kappa shape index (κ3) is 2.15. The number of hydrogen-bond donors (Lipinski definition) is 1. The van der Waals surface area contributed by atoms with Gasteiger partial charge in [0, 0.05) is 6.04 Å². The SMILES string of the molecule is O=C(O)C1CCCN1C1CCS(=O)(=O)C1. The number of carboxylic acids is 1. The van der Waals surface area contributed by atoms with E-state index >= 15 is 0 Å². The van der Waals surface area contributed by atoms with Gasteiger partial charge >= 0.3 is 5.97 Å². The van der Waals surface area contributed by atoms with Gasteiger partial charge in [0.1, 0.15) is 6.04 Å². The van der Waals surface area contributed by atoms with Crippen LogP contribution in [0.5, 0.6) is 0 Å². The Morgan fingerprint density at radius 2 is 2.07 bits per heavy atom. The fourth-order valence-electron chi connectivity index (χ4n) is 2.53. The summed E-state index contributed by atoms with van der Waals surface area (Å²) in [6.45, 7) is 0.719. The molecule has 2 fully saturated rings. The summed E-state index contributed by atoms with van der Waals surface area (Å²) >= 11 is 0. The van der Waals surface area contributed by atoms with Crippen molar-refractivity contribution in [3.63, 3.8) is 0 Å². The van der Waals surface area contributed by atoms with E-state index in [2.05, 4.69) is 0 Å². The van der Waals surface area contributed by atoms with E-state index in [9.17, 15) is 13.2 Å². The number of rotatable bonds is 2. The first kappa shape index (κ1) is 10.9. The predicted molar refractivity (Wildman–Crippen MR) is 54.4 cm³/mol. The first-order valence-electron chi connectivity index (χ1n) is 5.18. The Morgan fingerprint density at radius 3 is 2.60 bits per heavy atom. The molecule has 0 aromatic rings. The molecule has 2 aliphatic heterocycles. The molecule has 2 rings (SSSR count). The van der Waals surface area contributed by atoms with Gasteiger partial charge in [0.15, 0.2) is 9.84 Å². The number of hydrogen-bond acceptors (Lipinski definition) is 4. The summed E-state index contributed by atoms with van der Waals surface area (Å²) in [6, 6.07) is -0.540. The molecule has 5 nitrogen and oxygen atoms in total. The van der Waals surface area contributed by atoms with Crippen LogP contribution < -0.4 is 0 Å². The summed E-state index contributed by atoms with van der Waals surface area (Å²) in [5, 5.41) is 8.98. The highest BCUT2D eigenvalue weighted by atomic mass is 32.2. The summed E-state index contributed by atoms with van der Waals surface area (Å²) < 4.78 is 22.6. The highest BCUT2D eigenvalue weighted by Crippen LogP contribution is 2.26. The van der Waals surface area contributed by atoms with Crippen LogP contribution in [-0.2, 0) is 14.6 Å². The molecule has 2 unspecified atom stereocenters. The molecule has 2 atom stereocenters. The molecule has 0 aliphatic carbocycles. The minimum Gasteiger partial charge on any atom is -0.480 e. The van der Waals surface area contributed by atoms with Gasteiger partial charge in [0.2, 0.25) is 0 Å². The molecule has 0 radical (unpaired) electrons. The summed E-state index contributed by atoms with van der Waals surface area (Å²) in [6.07, 6.45) is 2.09. The smallest absolute Gasteiger partial charge is 0.320 e. The van der Waals surface area contributed by atoms with Gasteiger partial charge < -0.3 is 5.11 Å². The first-order valence-corrected chi connectivity index (χ1v) is 7.01. The molecular weight excluding hydrogens is 218 g/mol. The molecule has 0 bridgehead atoms. The van der Waals surface area contributed by atoms with Crippen molar-refractivity contribution in [2.24, 2.45) is 0 Å². The van der Waals surface area contributed by atoms with Crippen LogP contribution in [0.25, 0.3) is 0 Å². The Hall–Kier alpha value is -0.620. The maximum absolute atomic E-state index is 11.3. The second-order valence-corrected chi connectivity index (χ2v) is 6.52. The zero-order valence-electron chi connectivity index (χ0n) is 8.42. The van der Waals surface area contributed by atoms with Crippen molar-refractivity contribution in [1.82, 2.24) is 4.90 Å².